The van der Waals surface area contributed by atoms with Gasteiger partial charge in [-0.3, -0.25) is 13.8 Å². The topological polar surface area (TPSA) is 226 Å². The molecule has 0 spiro atoms. The van der Waals surface area contributed by atoms with Crippen LogP contribution in [0.1, 0.15) is 194 Å². The molecule has 0 aromatic heterocycles. The summed E-state index contributed by atoms with van der Waals surface area (Å²) in [5.41, 5.74) is 0. The Morgan fingerprint density at radius 2 is 0.937 bits per heavy atom. The van der Waals surface area contributed by atoms with Crippen LogP contribution >= 0.6 is 7.82 Å². The normalized spacial score (nSPS) is 23.3. The second kappa shape index (κ2) is 38.4. The van der Waals surface area contributed by atoms with Gasteiger partial charge in [0.2, 0.25) is 5.91 Å². The van der Waals surface area contributed by atoms with Crippen molar-refractivity contribution >= 4 is 13.7 Å². The maximum atomic E-state index is 13.0. The van der Waals surface area contributed by atoms with Crippen LogP contribution < -0.4 is 5.32 Å². The van der Waals surface area contributed by atoms with E-state index in [0.717, 1.165) is 64.2 Å². The highest BCUT2D eigenvalue weighted by molar-refractivity contribution is 7.47. The molecule has 368 valence electrons. The zero-order valence-corrected chi connectivity index (χ0v) is 39.9. The molecule has 0 aliphatic heterocycles. The van der Waals surface area contributed by atoms with Crippen LogP contribution in [-0.4, -0.2) is 108 Å². The minimum atomic E-state index is -5.16. The van der Waals surface area contributed by atoms with E-state index < -0.39 is 75.2 Å². The van der Waals surface area contributed by atoms with Gasteiger partial charge in [-0.25, -0.2) is 4.57 Å². The number of carbonyl (C=O) groups is 1. The molecular formula is C49H90NO12P. The van der Waals surface area contributed by atoms with Crippen molar-refractivity contribution in [2.75, 3.05) is 6.61 Å². The lowest BCUT2D eigenvalue weighted by atomic mass is 9.85. The van der Waals surface area contributed by atoms with Crippen LogP contribution in [0.15, 0.2) is 48.6 Å². The van der Waals surface area contributed by atoms with Gasteiger partial charge in [0, 0.05) is 0 Å². The molecule has 63 heavy (non-hydrogen) atoms. The Bertz CT molecular complexity index is 1260. The van der Waals surface area contributed by atoms with Crippen molar-refractivity contribution in [1.29, 1.82) is 0 Å². The lowest BCUT2D eigenvalue weighted by molar-refractivity contribution is -0.220. The fraction of sp³-hybridized carbons (Fsp3) is 0.816. The first-order valence-corrected chi connectivity index (χ1v) is 26.2. The number of amides is 1. The zero-order valence-electron chi connectivity index (χ0n) is 39.0. The van der Waals surface area contributed by atoms with Gasteiger partial charge in [0.25, 0.3) is 0 Å². The molecule has 1 aliphatic carbocycles. The number of carbonyl (C=O) groups excluding carboxylic acids is 1. The molecule has 1 aliphatic rings. The largest absolute Gasteiger partial charge is 0.472 e. The van der Waals surface area contributed by atoms with Gasteiger partial charge in [-0.05, 0) is 70.6 Å². The van der Waals surface area contributed by atoms with E-state index in [1.54, 1.807) is 6.08 Å². The van der Waals surface area contributed by atoms with Gasteiger partial charge >= 0.3 is 7.82 Å². The van der Waals surface area contributed by atoms with E-state index in [1.165, 1.54) is 96.0 Å². The summed E-state index contributed by atoms with van der Waals surface area (Å²) in [6, 6.07) is -1.27. The van der Waals surface area contributed by atoms with Crippen molar-refractivity contribution in [2.24, 2.45) is 0 Å². The van der Waals surface area contributed by atoms with Gasteiger partial charge in [0.15, 0.2) is 0 Å². The predicted molar refractivity (Wildman–Crippen MR) is 252 cm³/mol. The fourth-order valence-corrected chi connectivity index (χ4v) is 8.53. The molecule has 0 radical (unpaired) electrons. The summed E-state index contributed by atoms with van der Waals surface area (Å²) < 4.78 is 22.9. The van der Waals surface area contributed by atoms with Crippen LogP contribution in [0, 0.1) is 0 Å². The van der Waals surface area contributed by atoms with Crippen LogP contribution in [0.5, 0.6) is 0 Å². The molecule has 1 fully saturated rings. The molecule has 0 saturated heterocycles. The smallest absolute Gasteiger partial charge is 0.393 e. The first-order chi connectivity index (χ1) is 30.3. The third-order valence-corrected chi connectivity index (χ3v) is 12.6. The van der Waals surface area contributed by atoms with E-state index in [-0.39, 0.29) is 6.42 Å². The van der Waals surface area contributed by atoms with E-state index in [1.807, 2.05) is 0 Å². The van der Waals surface area contributed by atoms with E-state index in [4.69, 9.17) is 9.05 Å². The molecule has 1 rings (SSSR count). The van der Waals surface area contributed by atoms with Gasteiger partial charge in [-0.15, -0.1) is 0 Å². The summed E-state index contributed by atoms with van der Waals surface area (Å²) in [4.78, 5) is 23.5. The summed E-state index contributed by atoms with van der Waals surface area (Å²) in [7, 11) is -5.16. The van der Waals surface area contributed by atoms with Crippen molar-refractivity contribution in [2.45, 2.75) is 249 Å². The number of phosphoric acid groups is 1. The first kappa shape index (κ1) is 59.3. The van der Waals surface area contributed by atoms with Gasteiger partial charge in [-0.2, -0.15) is 0 Å². The van der Waals surface area contributed by atoms with Crippen LogP contribution in [0.3, 0.4) is 0 Å². The van der Waals surface area contributed by atoms with E-state index >= 15 is 0 Å². The lowest BCUT2D eigenvalue weighted by Crippen LogP contribution is -2.64. The van der Waals surface area contributed by atoms with E-state index in [9.17, 15) is 50.0 Å². The summed E-state index contributed by atoms with van der Waals surface area (Å²) in [6.07, 6.45) is 32.0. The van der Waals surface area contributed by atoms with Gasteiger partial charge in [0.1, 0.15) is 36.6 Å². The molecule has 9 N–H and O–H groups in total. The highest BCUT2D eigenvalue weighted by Crippen LogP contribution is 2.47. The Morgan fingerprint density at radius 1 is 0.556 bits per heavy atom. The van der Waals surface area contributed by atoms with Crippen molar-refractivity contribution in [3.05, 3.63) is 48.6 Å². The predicted octanol–water partition coefficient (Wildman–Crippen LogP) is 8.70. The zero-order chi connectivity index (χ0) is 46.6. The Labute approximate surface area is 380 Å². The van der Waals surface area contributed by atoms with Gasteiger partial charge in [-0.1, -0.05) is 165 Å². The van der Waals surface area contributed by atoms with Crippen molar-refractivity contribution in [1.82, 2.24) is 5.32 Å². The number of allylic oxidation sites excluding steroid dienone is 7. The number of unbranched alkanes of at least 4 members (excludes halogenated alkanes) is 21. The molecule has 0 aromatic rings. The summed E-state index contributed by atoms with van der Waals surface area (Å²) in [6.45, 7) is 3.71. The molecular weight excluding hydrogens is 826 g/mol. The van der Waals surface area contributed by atoms with Crippen molar-refractivity contribution < 1.29 is 59.0 Å². The highest BCUT2D eigenvalue weighted by Gasteiger charge is 2.51. The molecule has 8 unspecified atom stereocenters. The Balaban J connectivity index is 2.54. The lowest BCUT2D eigenvalue weighted by Gasteiger charge is -2.41. The average Bonchev–Trinajstić information content (AvgIpc) is 3.26. The molecule has 13 nitrogen and oxygen atoms in total. The Kier molecular flexibility index (Phi) is 36.1. The third-order valence-electron chi connectivity index (χ3n) is 11.6. The van der Waals surface area contributed by atoms with Gasteiger partial charge in [0.05, 0.1) is 31.3 Å². The molecule has 14 heteroatoms. The van der Waals surface area contributed by atoms with E-state index in [2.05, 4.69) is 55.6 Å². The quantitative estimate of drug-likeness (QED) is 0.0160. The fourth-order valence-electron chi connectivity index (χ4n) is 7.56. The monoisotopic (exact) mass is 916 g/mol. The molecule has 0 bridgehead atoms. The van der Waals surface area contributed by atoms with Crippen LogP contribution in [0.2, 0.25) is 0 Å². The number of rotatable bonds is 40. The molecule has 1 amide bonds. The van der Waals surface area contributed by atoms with Crippen LogP contribution in [0.4, 0.5) is 0 Å². The Hall–Kier alpha value is -1.74. The molecule has 8 atom stereocenters. The number of nitrogens with one attached hydrogen (secondary N) is 1. The van der Waals surface area contributed by atoms with E-state index in [0.29, 0.717) is 19.3 Å². The number of aliphatic hydroxyl groups is 7. The minimum absolute atomic E-state index is 0.262. The molecule has 0 heterocycles. The molecule has 0 aromatic carbocycles. The van der Waals surface area contributed by atoms with Crippen molar-refractivity contribution in [3.63, 3.8) is 0 Å². The van der Waals surface area contributed by atoms with Gasteiger partial charge < -0.3 is 46.0 Å². The number of hydrogen-bond acceptors (Lipinski definition) is 11. The van der Waals surface area contributed by atoms with Crippen LogP contribution in [0.25, 0.3) is 0 Å². The second-order valence-electron chi connectivity index (χ2n) is 17.5. The number of hydrogen-bond donors (Lipinski definition) is 9. The third kappa shape index (κ3) is 30.2. The number of aliphatic hydroxyl groups excluding tert-OH is 7. The maximum Gasteiger partial charge on any atom is 0.472 e. The Morgan fingerprint density at radius 3 is 1.40 bits per heavy atom. The molecule has 1 saturated carbocycles. The highest BCUT2D eigenvalue weighted by atomic mass is 31.2. The summed E-state index contributed by atoms with van der Waals surface area (Å²) in [5, 5.41) is 74.5. The first-order valence-electron chi connectivity index (χ1n) is 24.7. The number of phosphoric ester groups is 1. The minimum Gasteiger partial charge on any atom is -0.393 e. The van der Waals surface area contributed by atoms with Crippen molar-refractivity contribution in [3.8, 4) is 0 Å². The summed E-state index contributed by atoms with van der Waals surface area (Å²) in [5.74, 6) is -0.613. The average molecular weight is 916 g/mol. The second-order valence-corrected chi connectivity index (χ2v) is 18.9. The summed E-state index contributed by atoms with van der Waals surface area (Å²) >= 11 is 0. The standard InChI is InChI=1S/C49H90NO12P/c1-3-5-7-9-11-13-15-17-19-20-21-23-24-26-28-30-32-34-36-40(51)38-43(53)50-41(39-61-63(59,60)62-49-47(57)45(55)44(54)46(56)48(49)58)42(52)37-35-33-31-29-27-25-22-18-16-14-12-10-8-6-4-2/h16,18,21,23,27,29,35,37,40-42,44-49,51-52,54-58H,3-15,17,19-20,22,24-26,28,30-34,36,38-39H2,1-2H3,(H,50,53)(H,59,60)/b18-16+,23-21-,29-27+,37-35+. The SMILES string of the molecule is CCCCCCC/C=C/CC/C=C/CC/C=C/C(O)C(COP(=O)(O)OC1C(O)C(O)C(O)C(O)C1O)NC(=O)CC(O)CCCCCCC/C=C\CCCCCCCCCCC. The van der Waals surface area contributed by atoms with Crippen LogP contribution in [-0.2, 0) is 18.4 Å². The maximum absolute atomic E-state index is 13.0.